The van der Waals surface area contributed by atoms with Crippen molar-refractivity contribution >= 4 is 21.6 Å². The summed E-state index contributed by atoms with van der Waals surface area (Å²) in [5.41, 5.74) is 0. The highest BCUT2D eigenvalue weighted by molar-refractivity contribution is 7.91. The number of carbonyl (C=O) groups excluding carboxylic acids is 1. The monoisotopic (exact) mass is 358 g/mol. The molecule has 24 heavy (non-hydrogen) atoms. The van der Waals surface area contributed by atoms with Gasteiger partial charge >= 0.3 is 0 Å². The van der Waals surface area contributed by atoms with Crippen molar-refractivity contribution in [2.24, 2.45) is 0 Å². The van der Waals surface area contributed by atoms with E-state index >= 15 is 0 Å². The van der Waals surface area contributed by atoms with Crippen molar-refractivity contribution in [3.8, 4) is 0 Å². The van der Waals surface area contributed by atoms with Gasteiger partial charge in [0, 0.05) is 32.7 Å². The average Bonchev–Trinajstić information content (AvgIpc) is 2.54. The maximum atomic E-state index is 12.3. The summed E-state index contributed by atoms with van der Waals surface area (Å²) in [7, 11) is -1.79. The van der Waals surface area contributed by atoms with Gasteiger partial charge < -0.3 is 19.7 Å². The lowest BCUT2D eigenvalue weighted by molar-refractivity contribution is -0.137. The highest BCUT2D eigenvalue weighted by atomic mass is 32.2. The van der Waals surface area contributed by atoms with Crippen molar-refractivity contribution in [2.75, 3.05) is 57.3 Å². The number of aromatic nitrogens is 2. The molecular weight excluding hydrogens is 336 g/mol. The first-order valence-electron chi connectivity index (χ1n) is 7.51. The first-order valence-corrected chi connectivity index (χ1v) is 9.57. The Balaban J connectivity index is 2.14. The first-order chi connectivity index (χ1) is 11.4. The molecule has 1 aliphatic rings. The molecule has 0 radical (unpaired) electrons. The van der Waals surface area contributed by atoms with Gasteiger partial charge in [0.05, 0.1) is 19.8 Å². The number of nitrogens with zero attached hydrogens (tertiary/aromatic N) is 3. The molecule has 1 N–H and O–H groups in total. The second kappa shape index (κ2) is 8.36. The summed E-state index contributed by atoms with van der Waals surface area (Å²) in [5, 5.41) is 3.09. The number of nitrogens with one attached hydrogen (secondary N) is 1. The van der Waals surface area contributed by atoms with Gasteiger partial charge in [0.15, 0.2) is 15.7 Å². The van der Waals surface area contributed by atoms with Gasteiger partial charge in [-0.05, 0) is 6.07 Å². The summed E-state index contributed by atoms with van der Waals surface area (Å²) in [6, 6.07) is 1.21. The van der Waals surface area contributed by atoms with Crippen LogP contribution in [0.25, 0.3) is 0 Å². The molecular formula is C14H22N4O5S. The maximum absolute atomic E-state index is 12.3. The molecule has 1 fully saturated rings. The Morgan fingerprint density at radius 3 is 3.04 bits per heavy atom. The molecule has 0 spiro atoms. The number of ether oxygens (including phenoxy) is 2. The number of anilines is 1. The number of morpholine rings is 1. The fraction of sp³-hybridized carbons (Fsp3) is 0.643. The summed E-state index contributed by atoms with van der Waals surface area (Å²) in [5.74, 6) is 0.0270. The molecule has 0 unspecified atom stereocenters. The summed E-state index contributed by atoms with van der Waals surface area (Å²) in [6.45, 7) is 2.02. The Morgan fingerprint density at radius 1 is 1.54 bits per heavy atom. The summed E-state index contributed by atoms with van der Waals surface area (Å²) in [4.78, 5) is 22.4. The molecule has 0 bridgehead atoms. The zero-order valence-corrected chi connectivity index (χ0v) is 14.6. The fourth-order valence-corrected chi connectivity index (χ4v) is 2.95. The van der Waals surface area contributed by atoms with Crippen LogP contribution in [0.1, 0.15) is 11.9 Å². The molecule has 1 atom stereocenters. The molecule has 10 heteroatoms. The minimum atomic E-state index is -3.40. The topological polar surface area (TPSA) is 111 Å². The lowest BCUT2D eigenvalue weighted by Crippen LogP contribution is -2.46. The van der Waals surface area contributed by atoms with E-state index in [1.54, 1.807) is 19.4 Å². The molecule has 1 aliphatic heterocycles. The van der Waals surface area contributed by atoms with Crippen molar-refractivity contribution in [1.29, 1.82) is 0 Å². The molecule has 9 nitrogen and oxygen atoms in total. The Labute approximate surface area is 141 Å². The van der Waals surface area contributed by atoms with E-state index in [4.69, 9.17) is 9.47 Å². The van der Waals surface area contributed by atoms with E-state index in [9.17, 15) is 13.2 Å². The number of methoxy groups -OCH3 is 1. The number of amides is 1. The third-order valence-electron chi connectivity index (χ3n) is 3.42. The molecule has 0 aliphatic carbocycles. The number of hydrogen-bond acceptors (Lipinski definition) is 8. The van der Waals surface area contributed by atoms with Crippen LogP contribution in [0.15, 0.2) is 12.3 Å². The summed E-state index contributed by atoms with van der Waals surface area (Å²) in [6.07, 6.45) is 2.63. The van der Waals surface area contributed by atoms with E-state index in [0.717, 1.165) is 6.26 Å². The van der Waals surface area contributed by atoms with Crippen LogP contribution in [0.3, 0.4) is 0 Å². The second-order valence-corrected chi connectivity index (χ2v) is 7.61. The van der Waals surface area contributed by atoms with Gasteiger partial charge in [-0.1, -0.05) is 0 Å². The average molecular weight is 358 g/mol. The summed E-state index contributed by atoms with van der Waals surface area (Å²) >= 11 is 0. The van der Waals surface area contributed by atoms with E-state index in [0.29, 0.717) is 37.9 Å². The van der Waals surface area contributed by atoms with E-state index in [-0.39, 0.29) is 6.61 Å². The van der Waals surface area contributed by atoms with Crippen molar-refractivity contribution in [3.63, 3.8) is 0 Å². The van der Waals surface area contributed by atoms with Crippen LogP contribution in [-0.2, 0) is 24.1 Å². The lowest BCUT2D eigenvalue weighted by Gasteiger charge is -2.34. The maximum Gasteiger partial charge on any atom is 0.238 e. The van der Waals surface area contributed by atoms with E-state index < -0.39 is 27.5 Å². The van der Waals surface area contributed by atoms with Crippen molar-refractivity contribution in [2.45, 2.75) is 6.04 Å². The number of sulfone groups is 1. The molecule has 1 amide bonds. The fourth-order valence-electron chi connectivity index (χ4n) is 2.34. The number of carbonyl (C=O) groups is 1. The van der Waals surface area contributed by atoms with Gasteiger partial charge in [0.25, 0.3) is 0 Å². The van der Waals surface area contributed by atoms with Gasteiger partial charge in [0.2, 0.25) is 5.91 Å². The highest BCUT2D eigenvalue weighted by Gasteiger charge is 2.32. The molecule has 0 saturated carbocycles. The minimum absolute atomic E-state index is 0.233. The van der Waals surface area contributed by atoms with Crippen molar-refractivity contribution in [1.82, 2.24) is 14.9 Å². The Hall–Kier alpha value is -1.78. The zero-order chi connectivity index (χ0) is 17.6. The van der Waals surface area contributed by atoms with Crippen LogP contribution < -0.4 is 5.32 Å². The van der Waals surface area contributed by atoms with E-state index in [1.165, 1.54) is 4.90 Å². The number of rotatable bonds is 7. The van der Waals surface area contributed by atoms with Crippen LogP contribution in [0.5, 0.6) is 0 Å². The SMILES string of the molecule is COCCNc1ccnc([C@@H]2COCCN2C(=O)CS(C)(=O)=O)n1. The Bertz CT molecular complexity index is 667. The lowest BCUT2D eigenvalue weighted by atomic mass is 10.2. The predicted molar refractivity (Wildman–Crippen MR) is 87.4 cm³/mol. The van der Waals surface area contributed by atoms with E-state index in [1.807, 2.05) is 0 Å². The Kier molecular flexibility index (Phi) is 6.46. The van der Waals surface area contributed by atoms with Crippen molar-refractivity contribution in [3.05, 3.63) is 18.1 Å². The third kappa shape index (κ3) is 5.39. The van der Waals surface area contributed by atoms with Gasteiger partial charge in [-0.25, -0.2) is 18.4 Å². The predicted octanol–water partition coefficient (Wildman–Crippen LogP) is -0.521. The summed E-state index contributed by atoms with van der Waals surface area (Å²) < 4.78 is 33.2. The molecule has 2 rings (SSSR count). The second-order valence-electron chi connectivity index (χ2n) is 5.47. The molecule has 1 aromatic heterocycles. The minimum Gasteiger partial charge on any atom is -0.383 e. The van der Waals surface area contributed by atoms with Crippen LogP contribution in [0.2, 0.25) is 0 Å². The molecule has 2 heterocycles. The smallest absolute Gasteiger partial charge is 0.238 e. The molecule has 1 aromatic rings. The van der Waals surface area contributed by atoms with Crippen LogP contribution in [0, 0.1) is 0 Å². The van der Waals surface area contributed by atoms with Gasteiger partial charge in [-0.3, -0.25) is 4.79 Å². The molecule has 134 valence electrons. The van der Waals surface area contributed by atoms with Gasteiger partial charge in [0.1, 0.15) is 17.6 Å². The molecule has 0 aromatic carbocycles. The van der Waals surface area contributed by atoms with Crippen LogP contribution in [0.4, 0.5) is 5.82 Å². The normalized spacial score (nSPS) is 18.4. The third-order valence-corrected chi connectivity index (χ3v) is 4.19. The zero-order valence-electron chi connectivity index (χ0n) is 13.8. The van der Waals surface area contributed by atoms with Crippen molar-refractivity contribution < 1.29 is 22.7 Å². The number of hydrogen-bond donors (Lipinski definition) is 1. The highest BCUT2D eigenvalue weighted by Crippen LogP contribution is 2.22. The molecule has 1 saturated heterocycles. The first kappa shape index (κ1) is 18.6. The van der Waals surface area contributed by atoms with E-state index in [2.05, 4.69) is 15.3 Å². The quantitative estimate of drug-likeness (QED) is 0.648. The Morgan fingerprint density at radius 2 is 2.33 bits per heavy atom. The van der Waals surface area contributed by atoms with Gasteiger partial charge in [-0.2, -0.15) is 0 Å². The van der Waals surface area contributed by atoms with Gasteiger partial charge in [-0.15, -0.1) is 0 Å². The standard InChI is InChI=1S/C14H22N4O5S/c1-22-7-5-15-12-3-4-16-14(17-12)11-9-23-8-6-18(11)13(19)10-24(2,20)21/h3-4,11H,5-10H2,1-2H3,(H,15,16,17)/t11-/m0/s1. The van der Waals surface area contributed by atoms with Crippen LogP contribution >= 0.6 is 0 Å². The van der Waals surface area contributed by atoms with Crippen LogP contribution in [-0.4, -0.2) is 81.2 Å². The largest absolute Gasteiger partial charge is 0.383 e.